The molecular formula is C26H29F3Sn. The Morgan fingerprint density at radius 3 is 1.50 bits per heavy atom. The molecule has 0 atom stereocenters. The van der Waals surface area contributed by atoms with Gasteiger partial charge in [0.25, 0.3) is 0 Å². The van der Waals surface area contributed by atoms with Gasteiger partial charge >= 0.3 is 183 Å². The van der Waals surface area contributed by atoms with Crippen molar-refractivity contribution < 1.29 is 11.6 Å². The minimum absolute atomic E-state index is 0.124. The Morgan fingerprint density at radius 2 is 1.10 bits per heavy atom. The predicted octanol–water partition coefficient (Wildman–Crippen LogP) is 7.04. The first-order valence-electron chi connectivity index (χ1n) is 10.3. The van der Waals surface area contributed by atoms with Crippen LogP contribution in [0.4, 0.5) is 11.6 Å². The van der Waals surface area contributed by atoms with Crippen molar-refractivity contribution in [1.29, 1.82) is 0 Å². The van der Waals surface area contributed by atoms with Gasteiger partial charge in [-0.25, -0.2) is 0 Å². The van der Waals surface area contributed by atoms with Gasteiger partial charge in [-0.1, -0.05) is 0 Å². The van der Waals surface area contributed by atoms with E-state index in [1.807, 2.05) is 88.4 Å². The van der Waals surface area contributed by atoms with Crippen LogP contribution in [0.5, 0.6) is 0 Å². The summed E-state index contributed by atoms with van der Waals surface area (Å²) in [6.45, 7) is 8.07. The molecule has 0 aromatic heterocycles. The van der Waals surface area contributed by atoms with Crippen molar-refractivity contribution in [3.63, 3.8) is 0 Å². The summed E-state index contributed by atoms with van der Waals surface area (Å²) in [5, 5.41) is 0. The number of rotatable bonds is 7. The van der Waals surface area contributed by atoms with Crippen LogP contribution in [0.25, 0.3) is 0 Å². The van der Waals surface area contributed by atoms with Crippen LogP contribution in [-0.2, 0) is 10.8 Å². The van der Waals surface area contributed by atoms with Crippen LogP contribution < -0.4 is 3.58 Å². The van der Waals surface area contributed by atoms with Crippen LogP contribution in [0.1, 0.15) is 38.8 Å². The van der Waals surface area contributed by atoms with E-state index in [0.29, 0.717) is 0 Å². The zero-order valence-electron chi connectivity index (χ0n) is 18.1. The van der Waals surface area contributed by atoms with Crippen LogP contribution in [0.2, 0.25) is 8.87 Å². The van der Waals surface area contributed by atoms with Crippen molar-refractivity contribution in [3.8, 4) is 0 Å². The van der Waals surface area contributed by atoms with Crippen LogP contribution in [0, 0.1) is 11.6 Å². The van der Waals surface area contributed by atoms with E-state index in [4.69, 9.17) is 0 Å². The Morgan fingerprint density at radius 1 is 0.667 bits per heavy atom. The molecule has 4 heteroatoms. The minimum atomic E-state index is -4.83. The SMILES string of the molecule is CC(C)([CH2][Sn]([F])([CH2]C(C)(C)c1ccccc1)[c]1ccc(F)cc1F)c1ccccc1. The van der Waals surface area contributed by atoms with Crippen molar-refractivity contribution in [2.45, 2.75) is 47.4 Å². The molecule has 158 valence electrons. The van der Waals surface area contributed by atoms with Gasteiger partial charge in [0.05, 0.1) is 0 Å². The number of hydrogen-bond donors (Lipinski definition) is 0. The summed E-state index contributed by atoms with van der Waals surface area (Å²) in [6.07, 6.45) is 0. The van der Waals surface area contributed by atoms with E-state index in [-0.39, 0.29) is 12.5 Å². The quantitative estimate of drug-likeness (QED) is 0.295. The molecule has 0 bridgehead atoms. The number of benzene rings is 3. The van der Waals surface area contributed by atoms with Crippen LogP contribution in [0.3, 0.4) is 0 Å². The van der Waals surface area contributed by atoms with Gasteiger partial charge in [-0.05, 0) is 0 Å². The van der Waals surface area contributed by atoms with E-state index in [0.717, 1.165) is 17.2 Å². The van der Waals surface area contributed by atoms with E-state index in [1.54, 1.807) is 0 Å². The molecule has 3 rings (SSSR count). The van der Waals surface area contributed by atoms with Crippen molar-refractivity contribution in [2.75, 3.05) is 0 Å². The molecule has 0 nitrogen and oxygen atoms in total. The molecular weight excluding hydrogens is 488 g/mol. The fraction of sp³-hybridized carbons (Fsp3) is 0.308. The summed E-state index contributed by atoms with van der Waals surface area (Å²) >= 11 is -4.83. The Kier molecular flexibility index (Phi) is 6.71. The van der Waals surface area contributed by atoms with Crippen LogP contribution in [0.15, 0.2) is 78.9 Å². The van der Waals surface area contributed by atoms with E-state index in [9.17, 15) is 8.78 Å². The molecule has 0 N–H and O–H groups in total. The van der Waals surface area contributed by atoms with E-state index < -0.39 is 41.4 Å². The fourth-order valence-corrected chi connectivity index (χ4v) is 17.6. The molecule has 0 fully saturated rings. The summed E-state index contributed by atoms with van der Waals surface area (Å²) < 4.78 is 46.3. The average molecular weight is 517 g/mol. The molecule has 0 radical (unpaired) electrons. The zero-order valence-corrected chi connectivity index (χ0v) is 20.9. The number of hydrogen-bond acceptors (Lipinski definition) is 0. The van der Waals surface area contributed by atoms with Crippen molar-refractivity contribution in [1.82, 2.24) is 0 Å². The van der Waals surface area contributed by atoms with Gasteiger partial charge in [-0.15, -0.1) is 0 Å². The average Bonchev–Trinajstić information content (AvgIpc) is 2.68. The summed E-state index contributed by atoms with van der Waals surface area (Å²) in [5.41, 5.74) is 1.15. The van der Waals surface area contributed by atoms with E-state index in [1.165, 1.54) is 12.1 Å². The Bertz CT molecular complexity index is 928. The molecule has 3 aromatic rings. The molecule has 0 amide bonds. The van der Waals surface area contributed by atoms with Gasteiger partial charge in [0.2, 0.25) is 0 Å². The van der Waals surface area contributed by atoms with Crippen LogP contribution >= 0.6 is 0 Å². The van der Waals surface area contributed by atoms with Crippen LogP contribution in [-0.4, -0.2) is 18.9 Å². The predicted molar refractivity (Wildman–Crippen MR) is 121 cm³/mol. The first-order chi connectivity index (χ1) is 14.0. The first-order valence-corrected chi connectivity index (χ1v) is 16.8. The molecule has 0 saturated carbocycles. The zero-order chi connectivity index (χ0) is 22.0. The molecule has 0 heterocycles. The molecule has 0 aliphatic heterocycles. The summed E-state index contributed by atoms with van der Waals surface area (Å²) in [4.78, 5) is 0. The monoisotopic (exact) mass is 518 g/mol. The van der Waals surface area contributed by atoms with Crippen molar-refractivity contribution in [2.24, 2.45) is 0 Å². The summed E-state index contributed by atoms with van der Waals surface area (Å²) in [5.74, 6) is -1.42. The third-order valence-corrected chi connectivity index (χ3v) is 18.1. The second kappa shape index (κ2) is 8.78. The first kappa shape index (κ1) is 22.9. The van der Waals surface area contributed by atoms with E-state index in [2.05, 4.69) is 0 Å². The molecule has 0 aliphatic carbocycles. The maximum absolute atomic E-state index is 17.1. The summed E-state index contributed by atoms with van der Waals surface area (Å²) in [6, 6.07) is 23.0. The second-order valence-electron chi connectivity index (χ2n) is 9.44. The van der Waals surface area contributed by atoms with E-state index >= 15 is 2.87 Å². The third kappa shape index (κ3) is 5.11. The third-order valence-electron chi connectivity index (χ3n) is 5.97. The maximum atomic E-state index is 17.1. The molecule has 3 aromatic carbocycles. The van der Waals surface area contributed by atoms with Gasteiger partial charge < -0.3 is 0 Å². The topological polar surface area (TPSA) is 0 Å². The number of halogens is 3. The standard InChI is InChI=1S/2C10H13.C6H3F2.FH.Sn/c2*1-10(2,3)9-7-5-4-6-8-9;7-5-2-1-3-6(8)4-5;;/h2*4-8H,1H2,2-3H3;1-2,4H;1H;/q;;;;+1/p-1. The molecule has 0 aliphatic rings. The molecule has 30 heavy (non-hydrogen) atoms. The van der Waals surface area contributed by atoms with Crippen molar-refractivity contribution >= 4 is 22.5 Å². The molecule has 0 saturated heterocycles. The summed E-state index contributed by atoms with van der Waals surface area (Å²) in [7, 11) is 0. The van der Waals surface area contributed by atoms with Gasteiger partial charge in [-0.2, -0.15) is 0 Å². The Balaban J connectivity index is 2.07. The Hall–Kier alpha value is -1.75. The molecule has 0 unspecified atom stereocenters. The van der Waals surface area contributed by atoms with Gasteiger partial charge in [0.1, 0.15) is 0 Å². The fourth-order valence-electron chi connectivity index (χ4n) is 4.49. The van der Waals surface area contributed by atoms with Gasteiger partial charge in [0, 0.05) is 0 Å². The second-order valence-corrected chi connectivity index (χ2v) is 18.5. The van der Waals surface area contributed by atoms with Gasteiger partial charge in [0.15, 0.2) is 0 Å². The van der Waals surface area contributed by atoms with Crippen molar-refractivity contribution in [3.05, 3.63) is 102 Å². The normalized spacial score (nSPS) is 12.8. The van der Waals surface area contributed by atoms with Gasteiger partial charge in [-0.3, -0.25) is 0 Å². The Labute approximate surface area is 182 Å². The molecule has 0 spiro atoms.